The van der Waals surface area contributed by atoms with E-state index in [1.165, 1.54) is 4.90 Å². The van der Waals surface area contributed by atoms with Gasteiger partial charge >= 0.3 is 0 Å². The highest BCUT2D eigenvalue weighted by molar-refractivity contribution is 6.00. The number of amides is 3. The molecule has 1 aliphatic heterocycles. The second-order valence-electron chi connectivity index (χ2n) is 6.84. The Hall–Kier alpha value is -3.35. The van der Waals surface area contributed by atoms with E-state index in [2.05, 4.69) is 10.6 Å². The van der Waals surface area contributed by atoms with Crippen LogP contribution in [-0.4, -0.2) is 49.8 Å². The Morgan fingerprint density at radius 3 is 2.43 bits per heavy atom. The quantitative estimate of drug-likeness (QED) is 0.807. The van der Waals surface area contributed by atoms with Crippen LogP contribution >= 0.6 is 0 Å². The standard InChI is InChI=1S/C21H24N4O3/c1-24(2)21(28)15-9-11-16(12-10-15)23-19(26)14-22-17-6-3-4-7-18(17)25-13-5-8-20(25)27/h3-4,6-7,9-12,22H,5,8,13-14H2,1-2H3,(H,23,26). The molecule has 1 saturated heterocycles. The Balaban J connectivity index is 1.59. The number of carbonyl (C=O) groups is 3. The third-order valence-corrected chi connectivity index (χ3v) is 4.53. The number of benzene rings is 2. The highest BCUT2D eigenvalue weighted by atomic mass is 16.2. The fourth-order valence-electron chi connectivity index (χ4n) is 3.10. The molecule has 0 unspecified atom stereocenters. The summed E-state index contributed by atoms with van der Waals surface area (Å²) < 4.78 is 0. The van der Waals surface area contributed by atoms with Gasteiger partial charge in [0.25, 0.3) is 5.91 Å². The number of para-hydroxylation sites is 2. The van der Waals surface area contributed by atoms with Gasteiger partial charge in [0.2, 0.25) is 11.8 Å². The zero-order chi connectivity index (χ0) is 20.1. The summed E-state index contributed by atoms with van der Waals surface area (Å²) in [5.41, 5.74) is 2.72. The van der Waals surface area contributed by atoms with Gasteiger partial charge in [-0.2, -0.15) is 0 Å². The summed E-state index contributed by atoms with van der Waals surface area (Å²) in [5, 5.41) is 5.91. The van der Waals surface area contributed by atoms with E-state index in [4.69, 9.17) is 0 Å². The molecule has 0 aromatic heterocycles. The largest absolute Gasteiger partial charge is 0.374 e. The third-order valence-electron chi connectivity index (χ3n) is 4.53. The molecule has 2 aromatic carbocycles. The highest BCUT2D eigenvalue weighted by Crippen LogP contribution is 2.29. The zero-order valence-electron chi connectivity index (χ0n) is 16.1. The van der Waals surface area contributed by atoms with E-state index in [0.29, 0.717) is 24.2 Å². The van der Waals surface area contributed by atoms with Crippen molar-refractivity contribution in [3.8, 4) is 0 Å². The Morgan fingerprint density at radius 1 is 1.07 bits per heavy atom. The van der Waals surface area contributed by atoms with Gasteiger partial charge in [0.1, 0.15) is 0 Å². The maximum Gasteiger partial charge on any atom is 0.253 e. The number of nitrogens with one attached hydrogen (secondary N) is 2. The van der Waals surface area contributed by atoms with E-state index in [1.54, 1.807) is 43.3 Å². The van der Waals surface area contributed by atoms with Gasteiger partial charge in [-0.15, -0.1) is 0 Å². The van der Waals surface area contributed by atoms with Crippen molar-refractivity contribution in [3.05, 3.63) is 54.1 Å². The van der Waals surface area contributed by atoms with Crippen LogP contribution in [0.25, 0.3) is 0 Å². The molecule has 2 N–H and O–H groups in total. The van der Waals surface area contributed by atoms with Crippen LogP contribution in [0.15, 0.2) is 48.5 Å². The number of rotatable bonds is 6. The number of hydrogen-bond acceptors (Lipinski definition) is 4. The van der Waals surface area contributed by atoms with E-state index in [9.17, 15) is 14.4 Å². The van der Waals surface area contributed by atoms with E-state index < -0.39 is 0 Å². The molecule has 1 aliphatic rings. The number of hydrogen-bond donors (Lipinski definition) is 2. The maximum absolute atomic E-state index is 12.3. The van der Waals surface area contributed by atoms with E-state index in [1.807, 2.05) is 24.3 Å². The van der Waals surface area contributed by atoms with Gasteiger partial charge in [0.15, 0.2) is 0 Å². The normalized spacial score (nSPS) is 13.4. The summed E-state index contributed by atoms with van der Waals surface area (Å²) in [6.45, 7) is 0.763. The molecule has 1 heterocycles. The average Bonchev–Trinajstić information content (AvgIpc) is 3.12. The summed E-state index contributed by atoms with van der Waals surface area (Å²) >= 11 is 0. The van der Waals surface area contributed by atoms with E-state index in [0.717, 1.165) is 17.8 Å². The monoisotopic (exact) mass is 380 g/mol. The van der Waals surface area contributed by atoms with Crippen LogP contribution in [0, 0.1) is 0 Å². The molecule has 0 radical (unpaired) electrons. The first-order valence-electron chi connectivity index (χ1n) is 9.20. The lowest BCUT2D eigenvalue weighted by Gasteiger charge is -2.20. The van der Waals surface area contributed by atoms with Crippen LogP contribution in [0.2, 0.25) is 0 Å². The topological polar surface area (TPSA) is 81.8 Å². The number of carbonyl (C=O) groups excluding carboxylic acids is 3. The SMILES string of the molecule is CN(C)C(=O)c1ccc(NC(=O)CNc2ccccc2N2CCCC2=O)cc1. The van der Waals surface area contributed by atoms with Crippen molar-refractivity contribution in [2.45, 2.75) is 12.8 Å². The number of nitrogens with zero attached hydrogens (tertiary/aromatic N) is 2. The first kappa shape index (κ1) is 19.4. The second kappa shape index (κ2) is 8.56. The van der Waals surface area contributed by atoms with E-state index in [-0.39, 0.29) is 24.3 Å². The van der Waals surface area contributed by atoms with Crippen molar-refractivity contribution >= 4 is 34.8 Å². The van der Waals surface area contributed by atoms with Crippen LogP contribution in [0.4, 0.5) is 17.1 Å². The Kier molecular flexibility index (Phi) is 5.93. The maximum atomic E-state index is 12.3. The molecule has 3 amide bonds. The lowest BCUT2D eigenvalue weighted by molar-refractivity contribution is -0.117. The first-order chi connectivity index (χ1) is 13.5. The molecular weight excluding hydrogens is 356 g/mol. The first-order valence-corrected chi connectivity index (χ1v) is 9.20. The molecule has 2 aromatic rings. The van der Waals surface area contributed by atoms with Crippen LogP contribution in [-0.2, 0) is 9.59 Å². The lowest BCUT2D eigenvalue weighted by atomic mass is 10.2. The Labute approximate surface area is 164 Å². The summed E-state index contributed by atoms with van der Waals surface area (Å²) in [7, 11) is 3.38. The summed E-state index contributed by atoms with van der Waals surface area (Å²) in [5.74, 6) is -0.201. The Morgan fingerprint density at radius 2 is 1.79 bits per heavy atom. The molecule has 28 heavy (non-hydrogen) atoms. The smallest absolute Gasteiger partial charge is 0.253 e. The van der Waals surface area contributed by atoms with Gasteiger partial charge in [-0.1, -0.05) is 12.1 Å². The van der Waals surface area contributed by atoms with Gasteiger partial charge < -0.3 is 20.4 Å². The van der Waals surface area contributed by atoms with Crippen LogP contribution in [0.5, 0.6) is 0 Å². The third kappa shape index (κ3) is 4.49. The van der Waals surface area contributed by atoms with Crippen molar-refractivity contribution in [1.82, 2.24) is 4.90 Å². The molecule has 146 valence electrons. The lowest BCUT2D eigenvalue weighted by Crippen LogP contribution is -2.26. The second-order valence-corrected chi connectivity index (χ2v) is 6.84. The summed E-state index contributed by atoms with van der Waals surface area (Å²) in [4.78, 5) is 39.4. The van der Waals surface area contributed by atoms with Crippen LogP contribution in [0.1, 0.15) is 23.2 Å². The summed E-state index contributed by atoms with van der Waals surface area (Å²) in [6, 6.07) is 14.2. The minimum absolute atomic E-state index is 0.0669. The molecule has 0 aliphatic carbocycles. The van der Waals surface area contributed by atoms with Crippen molar-refractivity contribution in [2.75, 3.05) is 42.7 Å². The minimum Gasteiger partial charge on any atom is -0.374 e. The fraction of sp³-hybridized carbons (Fsp3) is 0.286. The molecule has 7 nitrogen and oxygen atoms in total. The zero-order valence-corrected chi connectivity index (χ0v) is 16.1. The molecule has 0 bridgehead atoms. The van der Waals surface area contributed by atoms with Crippen molar-refractivity contribution < 1.29 is 14.4 Å². The van der Waals surface area contributed by atoms with Gasteiger partial charge in [-0.25, -0.2) is 0 Å². The van der Waals surface area contributed by atoms with Gasteiger partial charge in [-0.05, 0) is 42.8 Å². The molecular formula is C21H24N4O3. The van der Waals surface area contributed by atoms with Gasteiger partial charge in [0.05, 0.1) is 17.9 Å². The molecule has 0 spiro atoms. The minimum atomic E-state index is -0.214. The molecule has 3 rings (SSSR count). The van der Waals surface area contributed by atoms with Crippen molar-refractivity contribution in [2.24, 2.45) is 0 Å². The van der Waals surface area contributed by atoms with Gasteiger partial charge in [-0.3, -0.25) is 14.4 Å². The molecule has 7 heteroatoms. The van der Waals surface area contributed by atoms with Gasteiger partial charge in [0, 0.05) is 38.3 Å². The fourth-order valence-corrected chi connectivity index (χ4v) is 3.10. The Bertz CT molecular complexity index is 877. The molecule has 0 saturated carbocycles. The highest BCUT2D eigenvalue weighted by Gasteiger charge is 2.23. The van der Waals surface area contributed by atoms with Crippen LogP contribution in [0.3, 0.4) is 0 Å². The van der Waals surface area contributed by atoms with Crippen molar-refractivity contribution in [1.29, 1.82) is 0 Å². The van der Waals surface area contributed by atoms with Crippen molar-refractivity contribution in [3.63, 3.8) is 0 Å². The summed E-state index contributed by atoms with van der Waals surface area (Å²) in [6.07, 6.45) is 1.40. The molecule has 1 fully saturated rings. The molecule has 0 atom stereocenters. The number of anilines is 3. The predicted molar refractivity (Wildman–Crippen MR) is 110 cm³/mol. The van der Waals surface area contributed by atoms with Crippen LogP contribution < -0.4 is 15.5 Å². The average molecular weight is 380 g/mol. The predicted octanol–water partition coefficient (Wildman–Crippen LogP) is 2.57. The van der Waals surface area contributed by atoms with E-state index >= 15 is 0 Å².